The molecular weight excluding hydrogens is 319 g/mol. The maximum Gasteiger partial charge on any atom is 0.322 e. The molecule has 5 nitrogen and oxygen atoms in total. The Labute approximate surface area is 145 Å². The molecule has 0 spiro atoms. The number of carbonyl (C=O) groups excluding carboxylic acids is 1. The van der Waals surface area contributed by atoms with Gasteiger partial charge in [0, 0.05) is 49.0 Å². The third-order valence-corrected chi connectivity index (χ3v) is 4.57. The Morgan fingerprint density at radius 2 is 1.80 bits per heavy atom. The zero-order valence-electron chi connectivity index (χ0n) is 13.7. The van der Waals surface area contributed by atoms with Gasteiger partial charge in [-0.3, -0.25) is 0 Å². The molecule has 0 saturated carbocycles. The van der Waals surface area contributed by atoms with Crippen molar-refractivity contribution in [3.05, 3.63) is 60.5 Å². The summed E-state index contributed by atoms with van der Waals surface area (Å²) in [6, 6.07) is 14.5. The van der Waals surface area contributed by atoms with Crippen LogP contribution >= 0.6 is 0 Å². The quantitative estimate of drug-likeness (QED) is 0.749. The third kappa shape index (κ3) is 3.15. The van der Waals surface area contributed by atoms with E-state index in [0.717, 1.165) is 18.6 Å². The van der Waals surface area contributed by atoms with Crippen LogP contribution in [0.1, 0.15) is 0 Å². The van der Waals surface area contributed by atoms with E-state index in [1.54, 1.807) is 17.2 Å². The third-order valence-electron chi connectivity index (χ3n) is 4.57. The monoisotopic (exact) mass is 338 g/mol. The van der Waals surface area contributed by atoms with E-state index in [4.69, 9.17) is 0 Å². The molecule has 128 valence electrons. The number of piperazine rings is 1. The number of H-pyrrole nitrogens is 1. The average molecular weight is 338 g/mol. The molecule has 0 aliphatic carbocycles. The molecule has 0 atom stereocenters. The number of aromatic nitrogens is 1. The Morgan fingerprint density at radius 1 is 1.04 bits per heavy atom. The molecule has 3 aromatic rings. The van der Waals surface area contributed by atoms with Crippen molar-refractivity contribution < 1.29 is 9.18 Å². The number of hydrogen-bond acceptors (Lipinski definition) is 2. The highest BCUT2D eigenvalue weighted by Crippen LogP contribution is 2.24. The molecule has 2 amide bonds. The largest absolute Gasteiger partial charge is 0.368 e. The number of benzene rings is 2. The van der Waals surface area contributed by atoms with Gasteiger partial charge in [0.05, 0.1) is 5.69 Å². The number of halogens is 1. The highest BCUT2D eigenvalue weighted by Gasteiger charge is 2.22. The molecule has 4 rings (SSSR count). The first-order valence-corrected chi connectivity index (χ1v) is 8.33. The van der Waals surface area contributed by atoms with Crippen molar-refractivity contribution in [1.82, 2.24) is 9.88 Å². The smallest absolute Gasteiger partial charge is 0.322 e. The maximum atomic E-state index is 13.4. The summed E-state index contributed by atoms with van der Waals surface area (Å²) in [5.74, 6) is -0.320. The van der Waals surface area contributed by atoms with Gasteiger partial charge in [0.2, 0.25) is 0 Å². The van der Waals surface area contributed by atoms with Crippen LogP contribution in [0.4, 0.5) is 20.6 Å². The second-order valence-corrected chi connectivity index (χ2v) is 6.13. The van der Waals surface area contributed by atoms with Crippen LogP contribution < -0.4 is 10.2 Å². The zero-order chi connectivity index (χ0) is 17.2. The lowest BCUT2D eigenvalue weighted by Gasteiger charge is -2.36. The number of fused-ring (bicyclic) bond motifs is 1. The minimum Gasteiger partial charge on any atom is -0.368 e. The van der Waals surface area contributed by atoms with E-state index >= 15 is 0 Å². The topological polar surface area (TPSA) is 51.4 Å². The van der Waals surface area contributed by atoms with Crippen molar-refractivity contribution in [3.63, 3.8) is 0 Å². The van der Waals surface area contributed by atoms with E-state index in [2.05, 4.69) is 27.3 Å². The van der Waals surface area contributed by atoms with Gasteiger partial charge in [-0.25, -0.2) is 9.18 Å². The lowest BCUT2D eigenvalue weighted by atomic mass is 10.2. The molecule has 0 radical (unpaired) electrons. The number of carbonyl (C=O) groups is 1. The van der Waals surface area contributed by atoms with Crippen molar-refractivity contribution in [2.24, 2.45) is 0 Å². The number of hydrogen-bond donors (Lipinski definition) is 2. The number of rotatable bonds is 2. The molecule has 1 aromatic heterocycles. The summed E-state index contributed by atoms with van der Waals surface area (Å²) < 4.78 is 13.4. The van der Waals surface area contributed by atoms with Crippen LogP contribution in [-0.4, -0.2) is 42.1 Å². The Balaban J connectivity index is 1.41. The van der Waals surface area contributed by atoms with Crippen molar-refractivity contribution in [1.29, 1.82) is 0 Å². The molecule has 25 heavy (non-hydrogen) atoms. The van der Waals surface area contributed by atoms with Crippen molar-refractivity contribution in [2.45, 2.75) is 0 Å². The van der Waals surface area contributed by atoms with Gasteiger partial charge in [-0.05, 0) is 30.3 Å². The molecule has 6 heteroatoms. The molecular formula is C19H19FN4O. The van der Waals surface area contributed by atoms with E-state index in [1.165, 1.54) is 17.8 Å². The number of anilines is 2. The Hall–Kier alpha value is -3.02. The van der Waals surface area contributed by atoms with Crippen molar-refractivity contribution in [3.8, 4) is 0 Å². The van der Waals surface area contributed by atoms with Gasteiger partial charge in [-0.1, -0.05) is 18.2 Å². The molecule has 1 aliphatic heterocycles. The second kappa shape index (κ2) is 6.47. The van der Waals surface area contributed by atoms with Crippen LogP contribution in [0.5, 0.6) is 0 Å². The fourth-order valence-electron chi connectivity index (χ4n) is 3.20. The van der Waals surface area contributed by atoms with Crippen molar-refractivity contribution >= 4 is 28.3 Å². The van der Waals surface area contributed by atoms with E-state index in [0.29, 0.717) is 24.2 Å². The first kappa shape index (κ1) is 15.5. The van der Waals surface area contributed by atoms with Crippen LogP contribution in [0, 0.1) is 5.82 Å². The molecule has 1 aliphatic rings. The number of nitrogens with one attached hydrogen (secondary N) is 2. The number of urea groups is 1. The minimum atomic E-state index is -0.320. The van der Waals surface area contributed by atoms with Gasteiger partial charge < -0.3 is 20.1 Å². The molecule has 2 aromatic carbocycles. The van der Waals surface area contributed by atoms with Gasteiger partial charge in [-0.15, -0.1) is 0 Å². The van der Waals surface area contributed by atoms with Crippen LogP contribution in [0.15, 0.2) is 54.7 Å². The summed E-state index contributed by atoms with van der Waals surface area (Å²) in [5, 5.41) is 3.56. The number of aromatic amines is 1. The lowest BCUT2D eigenvalue weighted by molar-refractivity contribution is 0.208. The minimum absolute atomic E-state index is 0.155. The normalized spacial score (nSPS) is 14.8. The summed E-state index contributed by atoms with van der Waals surface area (Å²) in [7, 11) is 0. The standard InChI is InChI=1S/C19H19FN4O/c20-14-6-7-17-16(12-14)18(13-21-17)22-19(25)24-10-8-23(9-11-24)15-4-2-1-3-5-15/h1-7,12-13,21H,8-11H2,(H,22,25). The van der Waals surface area contributed by atoms with Gasteiger partial charge in [0.25, 0.3) is 0 Å². The Morgan fingerprint density at radius 3 is 2.56 bits per heavy atom. The predicted molar refractivity (Wildman–Crippen MR) is 97.5 cm³/mol. The van der Waals surface area contributed by atoms with E-state index in [1.807, 2.05) is 18.2 Å². The highest BCUT2D eigenvalue weighted by atomic mass is 19.1. The number of para-hydroxylation sites is 1. The summed E-state index contributed by atoms with van der Waals surface area (Å²) in [5.41, 5.74) is 2.57. The molecule has 0 bridgehead atoms. The SMILES string of the molecule is O=C(Nc1c[nH]c2ccc(F)cc12)N1CCN(c2ccccc2)CC1. The second-order valence-electron chi connectivity index (χ2n) is 6.13. The number of nitrogens with zero attached hydrogens (tertiary/aromatic N) is 2. The molecule has 1 saturated heterocycles. The van der Waals surface area contributed by atoms with Gasteiger partial charge in [-0.2, -0.15) is 0 Å². The zero-order valence-corrected chi connectivity index (χ0v) is 13.7. The highest BCUT2D eigenvalue weighted by molar-refractivity contribution is 6.01. The van der Waals surface area contributed by atoms with Crippen LogP contribution in [0.2, 0.25) is 0 Å². The number of amides is 2. The first-order chi connectivity index (χ1) is 12.2. The predicted octanol–water partition coefficient (Wildman–Crippen LogP) is 3.66. The fourth-order valence-corrected chi connectivity index (χ4v) is 3.20. The van der Waals surface area contributed by atoms with E-state index in [-0.39, 0.29) is 11.8 Å². The van der Waals surface area contributed by atoms with E-state index < -0.39 is 0 Å². The van der Waals surface area contributed by atoms with Gasteiger partial charge in [0.15, 0.2) is 0 Å². The van der Waals surface area contributed by atoms with Gasteiger partial charge >= 0.3 is 6.03 Å². The summed E-state index contributed by atoms with van der Waals surface area (Å²) in [6.07, 6.45) is 1.70. The fraction of sp³-hybridized carbons (Fsp3) is 0.211. The summed E-state index contributed by atoms with van der Waals surface area (Å²) in [6.45, 7) is 2.88. The van der Waals surface area contributed by atoms with Crippen LogP contribution in [-0.2, 0) is 0 Å². The molecule has 1 fully saturated rings. The lowest BCUT2D eigenvalue weighted by Crippen LogP contribution is -2.50. The van der Waals surface area contributed by atoms with Gasteiger partial charge in [0.1, 0.15) is 5.82 Å². The average Bonchev–Trinajstić information content (AvgIpc) is 3.04. The van der Waals surface area contributed by atoms with Crippen molar-refractivity contribution in [2.75, 3.05) is 36.4 Å². The Bertz CT molecular complexity index is 885. The van der Waals surface area contributed by atoms with E-state index in [9.17, 15) is 9.18 Å². The maximum absolute atomic E-state index is 13.4. The van der Waals surface area contributed by atoms with Crippen LogP contribution in [0.3, 0.4) is 0 Å². The summed E-state index contributed by atoms with van der Waals surface area (Å²) in [4.78, 5) is 19.6. The molecule has 0 unspecified atom stereocenters. The summed E-state index contributed by atoms with van der Waals surface area (Å²) >= 11 is 0. The Kier molecular flexibility index (Phi) is 4.01. The van der Waals surface area contributed by atoms with Crippen LogP contribution in [0.25, 0.3) is 10.9 Å². The molecule has 2 N–H and O–H groups in total. The first-order valence-electron chi connectivity index (χ1n) is 8.33. The molecule has 2 heterocycles.